The maximum atomic E-state index is 11.7. The van der Waals surface area contributed by atoms with Gasteiger partial charge in [-0.2, -0.15) is 5.10 Å². The smallest absolute Gasteiger partial charge is 0.341 e. The second-order valence-corrected chi connectivity index (χ2v) is 4.95. The number of methoxy groups -OCH3 is 1. The zero-order valence-electron chi connectivity index (χ0n) is 11.3. The van der Waals surface area contributed by atoms with Crippen LogP contribution in [0, 0.1) is 0 Å². The van der Waals surface area contributed by atoms with Crippen LogP contribution in [0.3, 0.4) is 0 Å². The molecule has 1 aromatic carbocycles. The number of aromatic nitrogens is 3. The second-order valence-electron chi connectivity index (χ2n) is 4.51. The molecule has 106 valence electrons. The van der Waals surface area contributed by atoms with Gasteiger partial charge in [0.2, 0.25) is 0 Å². The van der Waals surface area contributed by atoms with Gasteiger partial charge in [0.15, 0.2) is 11.5 Å². The van der Waals surface area contributed by atoms with E-state index in [4.69, 9.17) is 16.3 Å². The van der Waals surface area contributed by atoms with Crippen LogP contribution < -0.4 is 0 Å². The standard InChI is InChI=1S/C15H12ClN3O2/c1-21-15(20)12-3-2-8-19-14(12)17-13(18-19)9-10-4-6-11(16)7-5-10/h2-8H,9H2,1H3. The Bertz CT molecular complexity index is 796. The molecule has 0 spiro atoms. The Labute approximate surface area is 126 Å². The van der Waals surface area contributed by atoms with Crippen LogP contribution in [-0.2, 0) is 11.2 Å². The molecule has 0 saturated carbocycles. The first-order chi connectivity index (χ1) is 10.2. The van der Waals surface area contributed by atoms with Crippen molar-refractivity contribution in [2.24, 2.45) is 0 Å². The molecule has 0 bridgehead atoms. The number of rotatable bonds is 3. The molecular weight excluding hydrogens is 290 g/mol. The molecule has 6 heteroatoms. The Balaban J connectivity index is 1.97. The van der Waals surface area contributed by atoms with Crippen LogP contribution >= 0.6 is 11.6 Å². The summed E-state index contributed by atoms with van der Waals surface area (Å²) in [5, 5.41) is 5.06. The largest absolute Gasteiger partial charge is 0.465 e. The Morgan fingerprint density at radius 1 is 1.29 bits per heavy atom. The van der Waals surface area contributed by atoms with Gasteiger partial charge >= 0.3 is 5.97 Å². The summed E-state index contributed by atoms with van der Waals surface area (Å²) in [4.78, 5) is 16.1. The van der Waals surface area contributed by atoms with E-state index in [1.165, 1.54) is 7.11 Å². The monoisotopic (exact) mass is 301 g/mol. The van der Waals surface area contributed by atoms with E-state index in [2.05, 4.69) is 10.1 Å². The highest BCUT2D eigenvalue weighted by Crippen LogP contribution is 2.14. The number of esters is 1. The lowest BCUT2D eigenvalue weighted by atomic mass is 10.1. The number of ether oxygens (including phenoxy) is 1. The number of nitrogens with zero attached hydrogens (tertiary/aromatic N) is 3. The van der Waals surface area contributed by atoms with Gasteiger partial charge < -0.3 is 4.74 Å². The van der Waals surface area contributed by atoms with Crippen LogP contribution in [0.5, 0.6) is 0 Å². The van der Waals surface area contributed by atoms with Crippen molar-refractivity contribution < 1.29 is 9.53 Å². The first-order valence-corrected chi connectivity index (χ1v) is 6.72. The minimum absolute atomic E-state index is 0.398. The van der Waals surface area contributed by atoms with Crippen LogP contribution in [0.25, 0.3) is 5.65 Å². The van der Waals surface area contributed by atoms with Gasteiger partial charge in [-0.15, -0.1) is 0 Å². The van der Waals surface area contributed by atoms with E-state index in [1.54, 1.807) is 22.8 Å². The molecular formula is C15H12ClN3O2. The topological polar surface area (TPSA) is 56.5 Å². The Kier molecular flexibility index (Phi) is 3.58. The average molecular weight is 302 g/mol. The first kappa shape index (κ1) is 13.6. The Hall–Kier alpha value is -2.40. The molecule has 0 amide bonds. The lowest BCUT2D eigenvalue weighted by Crippen LogP contribution is -2.04. The third-order valence-electron chi connectivity index (χ3n) is 3.09. The molecule has 3 aromatic rings. The zero-order chi connectivity index (χ0) is 14.8. The van der Waals surface area contributed by atoms with E-state index >= 15 is 0 Å². The number of pyridine rings is 1. The normalized spacial score (nSPS) is 10.8. The minimum Gasteiger partial charge on any atom is -0.465 e. The molecule has 0 fully saturated rings. The molecule has 0 aliphatic rings. The number of hydrogen-bond acceptors (Lipinski definition) is 4. The van der Waals surface area contributed by atoms with Crippen LogP contribution in [0.2, 0.25) is 5.02 Å². The molecule has 0 atom stereocenters. The highest BCUT2D eigenvalue weighted by molar-refractivity contribution is 6.30. The van der Waals surface area contributed by atoms with Crippen molar-refractivity contribution in [1.82, 2.24) is 14.6 Å². The number of halogens is 1. The third kappa shape index (κ3) is 2.73. The van der Waals surface area contributed by atoms with E-state index in [9.17, 15) is 4.79 Å². The molecule has 0 aliphatic heterocycles. The number of hydrogen-bond donors (Lipinski definition) is 0. The van der Waals surface area contributed by atoms with Gasteiger partial charge in [-0.05, 0) is 29.8 Å². The molecule has 0 saturated heterocycles. The number of benzene rings is 1. The van der Waals surface area contributed by atoms with E-state index < -0.39 is 5.97 Å². The lowest BCUT2D eigenvalue weighted by molar-refractivity contribution is 0.0602. The summed E-state index contributed by atoms with van der Waals surface area (Å²) in [6, 6.07) is 10.9. The zero-order valence-corrected chi connectivity index (χ0v) is 12.0. The van der Waals surface area contributed by atoms with Crippen molar-refractivity contribution >= 4 is 23.2 Å². The predicted molar refractivity (Wildman–Crippen MR) is 78.6 cm³/mol. The highest BCUT2D eigenvalue weighted by atomic mass is 35.5. The van der Waals surface area contributed by atoms with Gasteiger partial charge in [0.05, 0.1) is 7.11 Å². The Morgan fingerprint density at radius 2 is 2.05 bits per heavy atom. The van der Waals surface area contributed by atoms with Crippen LogP contribution in [0.4, 0.5) is 0 Å². The number of fused-ring (bicyclic) bond motifs is 1. The molecule has 21 heavy (non-hydrogen) atoms. The van der Waals surface area contributed by atoms with E-state index in [-0.39, 0.29) is 0 Å². The fourth-order valence-electron chi connectivity index (χ4n) is 2.08. The van der Waals surface area contributed by atoms with Crippen molar-refractivity contribution in [2.75, 3.05) is 7.11 Å². The van der Waals surface area contributed by atoms with E-state index in [0.29, 0.717) is 28.5 Å². The fraction of sp³-hybridized carbons (Fsp3) is 0.133. The van der Waals surface area contributed by atoms with Crippen molar-refractivity contribution in [3.63, 3.8) is 0 Å². The van der Waals surface area contributed by atoms with Crippen molar-refractivity contribution in [2.45, 2.75) is 6.42 Å². The molecule has 0 aliphatic carbocycles. The predicted octanol–water partition coefficient (Wildman–Crippen LogP) is 2.76. The Morgan fingerprint density at radius 3 is 2.76 bits per heavy atom. The summed E-state index contributed by atoms with van der Waals surface area (Å²) < 4.78 is 6.33. The molecule has 3 rings (SSSR count). The summed E-state index contributed by atoms with van der Waals surface area (Å²) in [7, 11) is 1.34. The minimum atomic E-state index is -0.425. The molecule has 0 unspecified atom stereocenters. The fourth-order valence-corrected chi connectivity index (χ4v) is 2.21. The van der Waals surface area contributed by atoms with Crippen LogP contribution in [0.1, 0.15) is 21.7 Å². The summed E-state index contributed by atoms with van der Waals surface area (Å²) in [5.41, 5.74) is 1.94. The van der Waals surface area contributed by atoms with Gasteiger partial charge in [-0.3, -0.25) is 0 Å². The molecule has 5 nitrogen and oxygen atoms in total. The highest BCUT2D eigenvalue weighted by Gasteiger charge is 2.14. The van der Waals surface area contributed by atoms with E-state index in [0.717, 1.165) is 5.56 Å². The number of carbonyl (C=O) groups excluding carboxylic acids is 1. The average Bonchev–Trinajstić information content (AvgIpc) is 2.91. The second kappa shape index (κ2) is 5.54. The molecule has 0 N–H and O–H groups in total. The molecule has 0 radical (unpaired) electrons. The van der Waals surface area contributed by atoms with Gasteiger partial charge in [0, 0.05) is 17.6 Å². The van der Waals surface area contributed by atoms with Crippen LogP contribution in [0.15, 0.2) is 42.6 Å². The molecule has 2 heterocycles. The van der Waals surface area contributed by atoms with E-state index in [1.807, 2.05) is 24.3 Å². The van der Waals surface area contributed by atoms with Crippen molar-refractivity contribution in [1.29, 1.82) is 0 Å². The van der Waals surface area contributed by atoms with Gasteiger partial charge in [0.25, 0.3) is 0 Å². The lowest BCUT2D eigenvalue weighted by Gasteiger charge is -1.99. The van der Waals surface area contributed by atoms with Crippen molar-refractivity contribution in [3.8, 4) is 0 Å². The maximum absolute atomic E-state index is 11.7. The van der Waals surface area contributed by atoms with Gasteiger partial charge in [-0.1, -0.05) is 23.7 Å². The quantitative estimate of drug-likeness (QED) is 0.698. The SMILES string of the molecule is COC(=O)c1cccn2nc(Cc3ccc(Cl)cc3)nc12. The third-order valence-corrected chi connectivity index (χ3v) is 3.34. The summed E-state index contributed by atoms with van der Waals surface area (Å²) in [6.07, 6.45) is 2.32. The van der Waals surface area contributed by atoms with Crippen molar-refractivity contribution in [3.05, 3.63) is 64.6 Å². The van der Waals surface area contributed by atoms with Gasteiger partial charge in [-0.25, -0.2) is 14.3 Å². The van der Waals surface area contributed by atoms with Gasteiger partial charge in [0.1, 0.15) is 5.56 Å². The maximum Gasteiger partial charge on any atom is 0.341 e. The molecule has 2 aromatic heterocycles. The van der Waals surface area contributed by atoms with Crippen LogP contribution in [-0.4, -0.2) is 27.7 Å². The first-order valence-electron chi connectivity index (χ1n) is 6.34. The summed E-state index contributed by atoms with van der Waals surface area (Å²) >= 11 is 5.86. The summed E-state index contributed by atoms with van der Waals surface area (Å²) in [6.45, 7) is 0. The number of carbonyl (C=O) groups is 1. The summed E-state index contributed by atoms with van der Waals surface area (Å²) in [5.74, 6) is 0.208.